The molecule has 18 heavy (non-hydrogen) atoms. The molecule has 1 atom stereocenters. The van der Waals surface area contributed by atoms with Gasteiger partial charge < -0.3 is 10.4 Å². The molecule has 100 valence electrons. The first-order chi connectivity index (χ1) is 8.30. The van der Waals surface area contributed by atoms with Crippen LogP contribution >= 0.6 is 0 Å². The molecule has 0 bridgehead atoms. The standard InChI is InChI=1S/C12H14F3NO2/c1-8-2-4-9(5-3-8)6-16-7-10(11(17)18)12(13,14)15/h2-5,10,16H,6-7H2,1H3,(H,17,18). The fraction of sp³-hybridized carbons (Fsp3) is 0.417. The zero-order valence-corrected chi connectivity index (χ0v) is 9.79. The summed E-state index contributed by atoms with van der Waals surface area (Å²) in [6.07, 6.45) is -4.73. The molecule has 0 fully saturated rings. The molecule has 0 aliphatic carbocycles. The molecule has 0 radical (unpaired) electrons. The molecule has 0 saturated carbocycles. The lowest BCUT2D eigenvalue weighted by atomic mass is 10.1. The average molecular weight is 261 g/mol. The zero-order chi connectivity index (χ0) is 13.8. The highest BCUT2D eigenvalue weighted by Crippen LogP contribution is 2.25. The van der Waals surface area contributed by atoms with Crippen LogP contribution in [0.15, 0.2) is 24.3 Å². The third kappa shape index (κ3) is 4.37. The number of carbonyl (C=O) groups is 1. The van der Waals surface area contributed by atoms with E-state index in [1.165, 1.54) is 0 Å². The van der Waals surface area contributed by atoms with Crippen molar-refractivity contribution >= 4 is 5.97 Å². The maximum Gasteiger partial charge on any atom is 0.403 e. The number of nitrogens with one attached hydrogen (secondary N) is 1. The molecular formula is C12H14F3NO2. The van der Waals surface area contributed by atoms with Crippen molar-refractivity contribution in [2.75, 3.05) is 6.54 Å². The lowest BCUT2D eigenvalue weighted by Gasteiger charge is -2.16. The summed E-state index contributed by atoms with van der Waals surface area (Å²) in [6.45, 7) is 1.48. The highest BCUT2D eigenvalue weighted by Gasteiger charge is 2.44. The molecule has 1 aromatic rings. The van der Waals surface area contributed by atoms with Crippen molar-refractivity contribution in [1.82, 2.24) is 5.32 Å². The monoisotopic (exact) mass is 261 g/mol. The number of alkyl halides is 3. The number of carboxylic acid groups (broad SMARTS) is 1. The minimum Gasteiger partial charge on any atom is -0.481 e. The topological polar surface area (TPSA) is 49.3 Å². The number of benzene rings is 1. The van der Waals surface area contributed by atoms with Gasteiger partial charge in [-0.2, -0.15) is 13.2 Å². The van der Waals surface area contributed by atoms with E-state index in [9.17, 15) is 18.0 Å². The van der Waals surface area contributed by atoms with Gasteiger partial charge in [0.25, 0.3) is 0 Å². The number of aliphatic carboxylic acids is 1. The fourth-order valence-electron chi connectivity index (χ4n) is 1.41. The van der Waals surface area contributed by atoms with E-state index in [0.29, 0.717) is 0 Å². The largest absolute Gasteiger partial charge is 0.481 e. The van der Waals surface area contributed by atoms with Gasteiger partial charge in [0.05, 0.1) is 0 Å². The van der Waals surface area contributed by atoms with Gasteiger partial charge in [0.1, 0.15) is 0 Å². The van der Waals surface area contributed by atoms with Crippen LogP contribution in [-0.2, 0) is 11.3 Å². The van der Waals surface area contributed by atoms with Crippen molar-refractivity contribution in [3.05, 3.63) is 35.4 Å². The van der Waals surface area contributed by atoms with E-state index in [1.54, 1.807) is 12.1 Å². The predicted octanol–water partition coefficient (Wildman–Crippen LogP) is 2.35. The van der Waals surface area contributed by atoms with Crippen LogP contribution in [0.3, 0.4) is 0 Å². The van der Waals surface area contributed by atoms with Gasteiger partial charge in [-0.25, -0.2) is 0 Å². The zero-order valence-electron chi connectivity index (χ0n) is 9.79. The van der Waals surface area contributed by atoms with Crippen molar-refractivity contribution < 1.29 is 23.1 Å². The van der Waals surface area contributed by atoms with Gasteiger partial charge in [-0.1, -0.05) is 29.8 Å². The first kappa shape index (κ1) is 14.5. The Morgan fingerprint density at radius 2 is 1.89 bits per heavy atom. The molecule has 0 aliphatic rings. The Kier molecular flexibility index (Phi) is 4.72. The summed E-state index contributed by atoms with van der Waals surface area (Å²) in [5, 5.41) is 11.0. The van der Waals surface area contributed by atoms with E-state index in [4.69, 9.17) is 5.11 Å². The molecule has 1 unspecified atom stereocenters. The average Bonchev–Trinajstić information content (AvgIpc) is 2.24. The third-order valence-corrected chi connectivity index (χ3v) is 2.49. The Morgan fingerprint density at radius 3 is 2.33 bits per heavy atom. The quantitative estimate of drug-likeness (QED) is 0.855. The maximum atomic E-state index is 12.3. The van der Waals surface area contributed by atoms with Crippen LogP contribution in [-0.4, -0.2) is 23.8 Å². The van der Waals surface area contributed by atoms with Gasteiger partial charge in [0.15, 0.2) is 5.92 Å². The molecule has 0 amide bonds. The van der Waals surface area contributed by atoms with E-state index < -0.39 is 24.6 Å². The lowest BCUT2D eigenvalue weighted by Crippen LogP contribution is -2.38. The summed E-state index contributed by atoms with van der Waals surface area (Å²) in [7, 11) is 0. The fourth-order valence-corrected chi connectivity index (χ4v) is 1.41. The Bertz CT molecular complexity index is 401. The third-order valence-electron chi connectivity index (χ3n) is 2.49. The summed E-state index contributed by atoms with van der Waals surface area (Å²) in [4.78, 5) is 10.5. The van der Waals surface area contributed by atoms with Crippen LogP contribution in [0.5, 0.6) is 0 Å². The molecule has 0 aliphatic heterocycles. The smallest absolute Gasteiger partial charge is 0.403 e. The van der Waals surface area contributed by atoms with Gasteiger partial charge >= 0.3 is 12.1 Å². The molecule has 1 rings (SSSR count). The molecule has 3 nitrogen and oxygen atoms in total. The summed E-state index contributed by atoms with van der Waals surface area (Å²) in [6, 6.07) is 7.25. The predicted molar refractivity (Wildman–Crippen MR) is 60.1 cm³/mol. The van der Waals surface area contributed by atoms with E-state index in [0.717, 1.165) is 11.1 Å². The maximum absolute atomic E-state index is 12.3. The molecule has 0 spiro atoms. The van der Waals surface area contributed by atoms with Crippen molar-refractivity contribution in [1.29, 1.82) is 0 Å². The van der Waals surface area contributed by atoms with Gasteiger partial charge in [-0.15, -0.1) is 0 Å². The van der Waals surface area contributed by atoms with E-state index in [-0.39, 0.29) is 6.54 Å². The Morgan fingerprint density at radius 1 is 1.33 bits per heavy atom. The van der Waals surface area contributed by atoms with E-state index in [1.807, 2.05) is 19.1 Å². The SMILES string of the molecule is Cc1ccc(CNCC(C(=O)O)C(F)(F)F)cc1. The van der Waals surface area contributed by atoms with Crippen LogP contribution in [0.2, 0.25) is 0 Å². The second-order valence-corrected chi connectivity index (χ2v) is 4.05. The number of carboxylic acids is 1. The lowest BCUT2D eigenvalue weighted by molar-refractivity contribution is -0.192. The highest BCUT2D eigenvalue weighted by atomic mass is 19.4. The van der Waals surface area contributed by atoms with Crippen LogP contribution in [0.1, 0.15) is 11.1 Å². The van der Waals surface area contributed by atoms with Crippen LogP contribution in [0.25, 0.3) is 0 Å². The first-order valence-corrected chi connectivity index (χ1v) is 5.36. The number of hydrogen-bond donors (Lipinski definition) is 2. The molecule has 0 saturated heterocycles. The van der Waals surface area contributed by atoms with Crippen molar-refractivity contribution in [3.63, 3.8) is 0 Å². The minimum absolute atomic E-state index is 0.208. The van der Waals surface area contributed by atoms with E-state index in [2.05, 4.69) is 5.32 Å². The van der Waals surface area contributed by atoms with Crippen molar-refractivity contribution in [2.45, 2.75) is 19.6 Å². The Balaban J connectivity index is 2.49. The van der Waals surface area contributed by atoms with Crippen molar-refractivity contribution in [2.24, 2.45) is 5.92 Å². The molecule has 0 aromatic heterocycles. The molecular weight excluding hydrogens is 247 g/mol. The summed E-state index contributed by atoms with van der Waals surface area (Å²) >= 11 is 0. The first-order valence-electron chi connectivity index (χ1n) is 5.36. The Labute approximate surface area is 103 Å². The second-order valence-electron chi connectivity index (χ2n) is 4.05. The minimum atomic E-state index is -4.73. The van der Waals surface area contributed by atoms with Gasteiger partial charge in [-0.05, 0) is 12.5 Å². The molecule has 2 N–H and O–H groups in total. The Hall–Kier alpha value is -1.56. The summed E-state index contributed by atoms with van der Waals surface area (Å²) in [5.74, 6) is -4.23. The number of aryl methyl sites for hydroxylation is 1. The van der Waals surface area contributed by atoms with Gasteiger partial charge in [0.2, 0.25) is 0 Å². The summed E-state index contributed by atoms with van der Waals surface area (Å²) in [5.41, 5.74) is 1.87. The molecule has 0 heterocycles. The second kappa shape index (κ2) is 5.86. The normalized spacial score (nSPS) is 13.3. The number of rotatable bonds is 5. The van der Waals surface area contributed by atoms with E-state index >= 15 is 0 Å². The van der Waals surface area contributed by atoms with Crippen LogP contribution in [0.4, 0.5) is 13.2 Å². The van der Waals surface area contributed by atoms with Gasteiger partial charge in [0, 0.05) is 13.1 Å². The number of halogens is 3. The van der Waals surface area contributed by atoms with Crippen LogP contribution < -0.4 is 5.32 Å². The highest BCUT2D eigenvalue weighted by molar-refractivity contribution is 5.71. The van der Waals surface area contributed by atoms with Gasteiger partial charge in [-0.3, -0.25) is 4.79 Å². The molecule has 1 aromatic carbocycles. The molecule has 6 heteroatoms. The van der Waals surface area contributed by atoms with Crippen LogP contribution in [0, 0.1) is 12.8 Å². The number of hydrogen-bond acceptors (Lipinski definition) is 2. The summed E-state index contributed by atoms with van der Waals surface area (Å²) < 4.78 is 37.0. The van der Waals surface area contributed by atoms with Crippen molar-refractivity contribution in [3.8, 4) is 0 Å².